The summed E-state index contributed by atoms with van der Waals surface area (Å²) in [7, 11) is 4.14. The summed E-state index contributed by atoms with van der Waals surface area (Å²) in [5.41, 5.74) is 2.76. The van der Waals surface area contributed by atoms with Gasteiger partial charge in [0.2, 0.25) is 0 Å². The molecule has 0 unspecified atom stereocenters. The summed E-state index contributed by atoms with van der Waals surface area (Å²) in [5.74, 6) is 3.72. The van der Waals surface area contributed by atoms with Crippen LogP contribution in [0.5, 0.6) is 0 Å². The summed E-state index contributed by atoms with van der Waals surface area (Å²) in [6.07, 6.45) is 4.30. The summed E-state index contributed by atoms with van der Waals surface area (Å²) in [4.78, 5) is 14.3. The van der Waals surface area contributed by atoms with Gasteiger partial charge < -0.3 is 9.13 Å². The first kappa shape index (κ1) is 15.2. The molecule has 0 bridgehead atoms. The number of imidazole rings is 2. The number of hydrogen-bond donors (Lipinski definition) is 0. The number of fused-ring (bicyclic) bond motifs is 1. The van der Waals surface area contributed by atoms with Crippen LogP contribution in [-0.4, -0.2) is 29.8 Å². The van der Waals surface area contributed by atoms with Crippen molar-refractivity contribution in [1.29, 1.82) is 0 Å². The zero-order valence-corrected chi connectivity index (χ0v) is 15.8. The van der Waals surface area contributed by atoms with Crippen LogP contribution in [-0.2, 0) is 14.1 Å². The van der Waals surface area contributed by atoms with Crippen molar-refractivity contribution in [2.24, 2.45) is 14.1 Å². The van der Waals surface area contributed by atoms with Crippen LogP contribution in [0.2, 0.25) is 0 Å². The first-order valence-electron chi connectivity index (χ1n) is 7.78. The zero-order valence-electron chi connectivity index (χ0n) is 13.4. The normalized spacial score (nSPS) is 14.8. The van der Waals surface area contributed by atoms with Crippen LogP contribution in [0, 0.1) is 0 Å². The monoisotopic (exact) mass is 391 g/mol. The van der Waals surface area contributed by atoms with E-state index in [9.17, 15) is 0 Å². The third-order valence-electron chi connectivity index (χ3n) is 4.19. The molecule has 0 saturated heterocycles. The predicted molar refractivity (Wildman–Crippen MR) is 96.8 cm³/mol. The minimum Gasteiger partial charge on any atom is -0.325 e. The highest BCUT2D eigenvalue weighted by Crippen LogP contribution is 2.43. The van der Waals surface area contributed by atoms with E-state index in [4.69, 9.17) is 9.97 Å². The van der Waals surface area contributed by atoms with Gasteiger partial charge in [0.1, 0.15) is 22.1 Å². The summed E-state index contributed by atoms with van der Waals surface area (Å²) in [6.45, 7) is 2.17. The summed E-state index contributed by atoms with van der Waals surface area (Å²) in [6, 6.07) is 2.00. The lowest BCUT2D eigenvalue weighted by Gasteiger charge is -2.05. The quantitative estimate of drug-likeness (QED) is 0.627. The lowest BCUT2D eigenvalue weighted by atomic mass is 10.4. The molecule has 23 heavy (non-hydrogen) atoms. The summed E-state index contributed by atoms with van der Waals surface area (Å²) in [5, 5.41) is 1.20. The molecule has 3 aromatic heterocycles. The molecule has 0 amide bonds. The first-order valence-corrected chi connectivity index (χ1v) is 9.55. The molecule has 1 saturated carbocycles. The van der Waals surface area contributed by atoms with Crippen molar-refractivity contribution >= 4 is 38.9 Å². The van der Waals surface area contributed by atoms with E-state index < -0.39 is 0 Å². The van der Waals surface area contributed by atoms with Crippen molar-refractivity contribution in [2.75, 3.05) is 5.75 Å². The maximum absolute atomic E-state index is 4.96. The second-order valence-electron chi connectivity index (χ2n) is 5.88. The molecule has 5 nitrogen and oxygen atoms in total. The molecule has 0 radical (unpaired) electrons. The number of halogens is 1. The van der Waals surface area contributed by atoms with E-state index in [0.29, 0.717) is 5.92 Å². The van der Waals surface area contributed by atoms with E-state index in [1.807, 2.05) is 35.6 Å². The van der Waals surface area contributed by atoms with Crippen molar-refractivity contribution in [3.8, 4) is 11.5 Å². The molecule has 1 fully saturated rings. The summed E-state index contributed by atoms with van der Waals surface area (Å²) < 4.78 is 5.24. The lowest BCUT2D eigenvalue weighted by molar-refractivity contribution is 0.745. The molecule has 0 aromatic carbocycles. The van der Waals surface area contributed by atoms with Crippen molar-refractivity contribution in [3.63, 3.8) is 0 Å². The maximum atomic E-state index is 4.96. The van der Waals surface area contributed by atoms with Crippen LogP contribution < -0.4 is 0 Å². The topological polar surface area (TPSA) is 48.5 Å². The van der Waals surface area contributed by atoms with Crippen LogP contribution >= 0.6 is 27.7 Å². The van der Waals surface area contributed by atoms with Gasteiger partial charge in [0, 0.05) is 30.7 Å². The molecule has 1 aliphatic rings. The van der Waals surface area contributed by atoms with E-state index in [1.54, 1.807) is 0 Å². The lowest BCUT2D eigenvalue weighted by Crippen LogP contribution is -1.97. The van der Waals surface area contributed by atoms with Gasteiger partial charge >= 0.3 is 0 Å². The van der Waals surface area contributed by atoms with Crippen LogP contribution in [0.15, 0.2) is 21.8 Å². The molecule has 120 valence electrons. The minimum absolute atomic E-state index is 0.618. The van der Waals surface area contributed by atoms with Gasteiger partial charge in [0.15, 0.2) is 11.5 Å². The third-order valence-corrected chi connectivity index (χ3v) is 5.65. The van der Waals surface area contributed by atoms with Gasteiger partial charge in [-0.3, -0.25) is 0 Å². The van der Waals surface area contributed by atoms with Crippen molar-refractivity contribution in [3.05, 3.63) is 22.6 Å². The Hall–Kier alpha value is -1.34. The molecule has 4 rings (SSSR count). The highest BCUT2D eigenvalue weighted by atomic mass is 79.9. The zero-order chi connectivity index (χ0) is 16.1. The minimum atomic E-state index is 0.618. The molecule has 0 atom stereocenters. The maximum Gasteiger partial charge on any atom is 0.163 e. The number of aryl methyl sites for hydroxylation is 1. The Morgan fingerprint density at radius 3 is 2.74 bits per heavy atom. The molecule has 0 spiro atoms. The Labute approximate surface area is 147 Å². The molecular formula is C16H18BrN5S. The Morgan fingerprint density at radius 1 is 1.26 bits per heavy atom. The molecule has 3 heterocycles. The van der Waals surface area contributed by atoms with E-state index in [-0.39, 0.29) is 0 Å². The predicted octanol–water partition coefficient (Wildman–Crippen LogP) is 4.12. The van der Waals surface area contributed by atoms with Crippen LogP contribution in [0.25, 0.3) is 22.7 Å². The van der Waals surface area contributed by atoms with Crippen LogP contribution in [0.1, 0.15) is 31.5 Å². The van der Waals surface area contributed by atoms with Gasteiger partial charge in [-0.1, -0.05) is 6.92 Å². The largest absolute Gasteiger partial charge is 0.325 e. The van der Waals surface area contributed by atoms with Gasteiger partial charge in [0.05, 0.1) is 0 Å². The number of pyridine rings is 1. The molecule has 0 aliphatic heterocycles. The van der Waals surface area contributed by atoms with Gasteiger partial charge in [-0.15, -0.1) is 11.8 Å². The summed E-state index contributed by atoms with van der Waals surface area (Å²) >= 11 is 5.30. The molecular weight excluding hydrogens is 374 g/mol. The average Bonchev–Trinajstić information content (AvgIpc) is 3.25. The van der Waals surface area contributed by atoms with Crippen LogP contribution in [0.4, 0.5) is 0 Å². The second-order valence-corrected chi connectivity index (χ2v) is 8.05. The molecule has 7 heteroatoms. The Kier molecular flexibility index (Phi) is 3.72. The van der Waals surface area contributed by atoms with E-state index in [2.05, 4.69) is 39.5 Å². The Bertz CT molecular complexity index is 894. The van der Waals surface area contributed by atoms with Crippen molar-refractivity contribution in [1.82, 2.24) is 24.1 Å². The Balaban J connectivity index is 1.93. The third kappa shape index (κ3) is 2.50. The number of hydrogen-bond acceptors (Lipinski definition) is 4. The number of rotatable bonds is 4. The number of thioether (sulfide) groups is 1. The number of aromatic nitrogens is 5. The first-order chi connectivity index (χ1) is 11.1. The standard InChI is InChI=1S/C16H18BrN5S/c1-4-23-16-12(20-13(22(16)3)9-5-6-9)15-19-11-7-10(17)8-18-14(11)21(15)2/h7-9H,4-6H2,1-3H3. The highest BCUT2D eigenvalue weighted by Gasteiger charge is 2.31. The van der Waals surface area contributed by atoms with Crippen molar-refractivity contribution < 1.29 is 0 Å². The second kappa shape index (κ2) is 5.63. The average molecular weight is 392 g/mol. The van der Waals surface area contributed by atoms with Gasteiger partial charge in [-0.05, 0) is 40.6 Å². The van der Waals surface area contributed by atoms with Gasteiger partial charge in [-0.25, -0.2) is 15.0 Å². The number of nitrogens with zero attached hydrogens (tertiary/aromatic N) is 5. The van der Waals surface area contributed by atoms with E-state index in [0.717, 1.165) is 32.9 Å². The Morgan fingerprint density at radius 2 is 2.04 bits per heavy atom. The fourth-order valence-corrected chi connectivity index (χ4v) is 4.07. The van der Waals surface area contributed by atoms with E-state index in [1.165, 1.54) is 23.7 Å². The fourth-order valence-electron chi connectivity index (χ4n) is 2.92. The molecule has 1 aliphatic carbocycles. The molecule has 3 aromatic rings. The molecule has 0 N–H and O–H groups in total. The highest BCUT2D eigenvalue weighted by molar-refractivity contribution is 9.10. The van der Waals surface area contributed by atoms with Crippen molar-refractivity contribution in [2.45, 2.75) is 30.7 Å². The van der Waals surface area contributed by atoms with Gasteiger partial charge in [0.25, 0.3) is 0 Å². The fraction of sp³-hybridized carbons (Fsp3) is 0.438. The van der Waals surface area contributed by atoms with Gasteiger partial charge in [-0.2, -0.15) is 0 Å². The van der Waals surface area contributed by atoms with E-state index >= 15 is 0 Å². The SMILES string of the molecule is CCSc1c(-c2nc3cc(Br)cnc3n2C)nc(C2CC2)n1C. The smallest absolute Gasteiger partial charge is 0.163 e. The van der Waals surface area contributed by atoms with Crippen LogP contribution in [0.3, 0.4) is 0 Å².